The number of aliphatic hydroxyl groups excluding tert-OH is 1. The highest BCUT2D eigenvalue weighted by Gasteiger charge is 2.89. The van der Waals surface area contributed by atoms with Crippen LogP contribution >= 0.6 is 12.6 Å². The molecule has 2 bridgehead atoms. The SMILES string of the molecule is C=C1O[C@H]2[C@@]3(S)[C@](C)(CC(=C)[C@@]45O[C@]4(C)CC[C@]2(O1)C5(C)C)[C@@H](O)C[C@H]1OC[C@]13C. The van der Waals surface area contributed by atoms with Gasteiger partial charge in [0.2, 0.25) is 0 Å². The number of thiol groups is 1. The highest BCUT2D eigenvalue weighted by molar-refractivity contribution is 7.82. The van der Waals surface area contributed by atoms with Crippen LogP contribution in [0.2, 0.25) is 0 Å². The van der Waals surface area contributed by atoms with E-state index in [1.807, 2.05) is 0 Å². The molecular formula is C24H34O5S. The lowest BCUT2D eigenvalue weighted by molar-refractivity contribution is -0.291. The lowest BCUT2D eigenvalue weighted by Gasteiger charge is -2.72. The fraction of sp³-hybridized carbons (Fsp3) is 0.833. The molecule has 3 saturated heterocycles. The van der Waals surface area contributed by atoms with Gasteiger partial charge in [-0.2, -0.15) is 12.6 Å². The van der Waals surface area contributed by atoms with E-state index in [0.29, 0.717) is 25.4 Å². The van der Waals surface area contributed by atoms with Crippen molar-refractivity contribution in [2.45, 2.75) is 100 Å². The summed E-state index contributed by atoms with van der Waals surface area (Å²) in [6, 6.07) is 0. The van der Waals surface area contributed by atoms with Crippen molar-refractivity contribution in [2.75, 3.05) is 6.61 Å². The van der Waals surface area contributed by atoms with Crippen LogP contribution < -0.4 is 0 Å². The Hall–Kier alpha value is -0.690. The van der Waals surface area contributed by atoms with Gasteiger partial charge in [-0.15, -0.1) is 0 Å². The average molecular weight is 435 g/mol. The van der Waals surface area contributed by atoms with Crippen molar-refractivity contribution in [3.05, 3.63) is 24.7 Å². The first-order valence-electron chi connectivity index (χ1n) is 11.2. The molecule has 6 fully saturated rings. The second kappa shape index (κ2) is 4.95. The smallest absolute Gasteiger partial charge is 0.272 e. The van der Waals surface area contributed by atoms with Crippen LogP contribution in [0.1, 0.15) is 60.3 Å². The summed E-state index contributed by atoms with van der Waals surface area (Å²) in [6.45, 7) is 20.3. The van der Waals surface area contributed by atoms with Gasteiger partial charge in [0, 0.05) is 22.7 Å². The summed E-state index contributed by atoms with van der Waals surface area (Å²) < 4.78 is 25.0. The first-order valence-corrected chi connectivity index (χ1v) is 11.7. The molecule has 0 radical (unpaired) electrons. The molecule has 6 aliphatic rings. The Morgan fingerprint density at radius 3 is 2.40 bits per heavy atom. The molecule has 5 nitrogen and oxygen atoms in total. The summed E-state index contributed by atoms with van der Waals surface area (Å²) in [5.41, 5.74) is -1.68. The minimum atomic E-state index is -0.704. The van der Waals surface area contributed by atoms with Crippen molar-refractivity contribution in [2.24, 2.45) is 16.2 Å². The molecule has 0 aromatic heterocycles. The van der Waals surface area contributed by atoms with E-state index in [9.17, 15) is 5.11 Å². The minimum Gasteiger partial charge on any atom is -0.457 e. The zero-order chi connectivity index (χ0) is 21.8. The second-order valence-corrected chi connectivity index (χ2v) is 12.6. The van der Waals surface area contributed by atoms with Gasteiger partial charge in [-0.05, 0) is 38.3 Å². The van der Waals surface area contributed by atoms with Gasteiger partial charge >= 0.3 is 0 Å². The zero-order valence-electron chi connectivity index (χ0n) is 18.7. The van der Waals surface area contributed by atoms with Gasteiger partial charge < -0.3 is 24.1 Å². The first kappa shape index (κ1) is 20.0. The predicted molar refractivity (Wildman–Crippen MR) is 115 cm³/mol. The molecule has 0 amide bonds. The van der Waals surface area contributed by atoms with E-state index in [1.54, 1.807) is 0 Å². The highest BCUT2D eigenvalue weighted by Crippen LogP contribution is 2.79. The van der Waals surface area contributed by atoms with Crippen molar-refractivity contribution in [3.63, 3.8) is 0 Å². The largest absolute Gasteiger partial charge is 0.457 e. The van der Waals surface area contributed by atoms with Gasteiger partial charge in [0.15, 0.2) is 11.7 Å². The number of fused-ring (bicyclic) bond motifs is 4. The van der Waals surface area contributed by atoms with Gasteiger partial charge in [0.1, 0.15) is 11.2 Å². The molecule has 0 aromatic carbocycles. The van der Waals surface area contributed by atoms with E-state index in [4.69, 9.17) is 31.6 Å². The third-order valence-corrected chi connectivity index (χ3v) is 11.9. The van der Waals surface area contributed by atoms with Crippen LogP contribution in [-0.2, 0) is 18.9 Å². The molecule has 1 N–H and O–H groups in total. The van der Waals surface area contributed by atoms with Crippen LogP contribution in [0, 0.1) is 16.2 Å². The van der Waals surface area contributed by atoms with E-state index in [0.717, 1.165) is 18.4 Å². The molecular weight excluding hydrogens is 400 g/mol. The molecule has 3 saturated carbocycles. The maximum Gasteiger partial charge on any atom is 0.272 e. The lowest BCUT2D eigenvalue weighted by atomic mass is 9.40. The van der Waals surface area contributed by atoms with Gasteiger partial charge in [0.05, 0.1) is 23.6 Å². The Morgan fingerprint density at radius 2 is 1.77 bits per heavy atom. The van der Waals surface area contributed by atoms with Crippen LogP contribution in [0.4, 0.5) is 0 Å². The maximum absolute atomic E-state index is 11.5. The minimum absolute atomic E-state index is 0.0524. The monoisotopic (exact) mass is 434 g/mol. The zero-order valence-corrected chi connectivity index (χ0v) is 19.6. The number of hydrogen-bond donors (Lipinski definition) is 2. The Labute approximate surface area is 184 Å². The third kappa shape index (κ3) is 1.58. The molecule has 3 aliphatic heterocycles. The molecule has 166 valence electrons. The van der Waals surface area contributed by atoms with E-state index in [-0.39, 0.29) is 23.2 Å². The van der Waals surface area contributed by atoms with E-state index in [2.05, 4.69) is 47.8 Å². The molecule has 0 aromatic rings. The maximum atomic E-state index is 11.5. The number of rotatable bonds is 0. The number of hydrogen-bond acceptors (Lipinski definition) is 6. The Morgan fingerprint density at radius 1 is 1.07 bits per heavy atom. The van der Waals surface area contributed by atoms with Crippen LogP contribution in [-0.4, -0.2) is 51.6 Å². The molecule has 6 heteroatoms. The average Bonchev–Trinajstić information content (AvgIpc) is 3.18. The number of ether oxygens (including phenoxy) is 4. The van der Waals surface area contributed by atoms with E-state index in [1.165, 1.54) is 0 Å². The topological polar surface area (TPSA) is 60.5 Å². The lowest BCUT2D eigenvalue weighted by Crippen LogP contribution is -2.82. The molecule has 6 rings (SSSR count). The van der Waals surface area contributed by atoms with Crippen LogP contribution in [0.3, 0.4) is 0 Å². The Kier molecular flexibility index (Phi) is 3.29. The van der Waals surface area contributed by atoms with Crippen molar-refractivity contribution in [1.29, 1.82) is 0 Å². The molecule has 3 heterocycles. The normalized spacial score (nSPS) is 62.3. The molecule has 30 heavy (non-hydrogen) atoms. The Bertz CT molecular complexity index is 902. The van der Waals surface area contributed by atoms with Gasteiger partial charge in [-0.3, -0.25) is 0 Å². The van der Waals surface area contributed by atoms with E-state index >= 15 is 0 Å². The summed E-state index contributed by atoms with van der Waals surface area (Å²) in [5, 5.41) is 11.5. The third-order valence-electron chi connectivity index (χ3n) is 10.6. The van der Waals surface area contributed by atoms with Gasteiger partial charge in [-0.25, -0.2) is 0 Å². The highest BCUT2D eigenvalue weighted by atomic mass is 32.1. The number of aliphatic hydroxyl groups is 1. The summed E-state index contributed by atoms with van der Waals surface area (Å²) >= 11 is 5.52. The quantitative estimate of drug-likeness (QED) is 0.345. The van der Waals surface area contributed by atoms with Crippen molar-refractivity contribution >= 4 is 12.6 Å². The van der Waals surface area contributed by atoms with Gasteiger partial charge in [0.25, 0.3) is 5.95 Å². The molecule has 0 unspecified atom stereocenters. The van der Waals surface area contributed by atoms with E-state index < -0.39 is 32.9 Å². The first-order chi connectivity index (χ1) is 13.8. The number of epoxide rings is 1. The van der Waals surface area contributed by atoms with Crippen LogP contribution in [0.15, 0.2) is 24.7 Å². The summed E-state index contributed by atoms with van der Waals surface area (Å²) in [4.78, 5) is 0. The summed E-state index contributed by atoms with van der Waals surface area (Å²) in [6.07, 6.45) is 1.84. The predicted octanol–water partition coefficient (Wildman–Crippen LogP) is 3.76. The Balaban J connectivity index is 1.66. The molecule has 9 atom stereocenters. The molecule has 3 aliphatic carbocycles. The summed E-state index contributed by atoms with van der Waals surface area (Å²) in [5.74, 6) is 0.344. The van der Waals surface area contributed by atoms with Crippen molar-refractivity contribution in [1.82, 2.24) is 0 Å². The summed E-state index contributed by atoms with van der Waals surface area (Å²) in [7, 11) is 0. The standard InChI is InChI=1S/C24H34O5S/c1-13-11-19(5)15(25)10-16-20(6,12-26-16)24(19,30)17-22(28-14(2)27-17)9-8-21(7)23(13,29-21)18(22,3)4/h15-17,25,30H,1-2,8-12H2,3-7H3/t15-,16+,17+,19+,20+,21+,22+,23-,24+/m0/s1. The fourth-order valence-electron chi connectivity index (χ4n) is 8.74. The van der Waals surface area contributed by atoms with Crippen molar-refractivity contribution in [3.8, 4) is 0 Å². The van der Waals surface area contributed by atoms with Crippen molar-refractivity contribution < 1.29 is 24.1 Å². The van der Waals surface area contributed by atoms with Crippen LogP contribution in [0.25, 0.3) is 0 Å². The van der Waals surface area contributed by atoms with Crippen LogP contribution in [0.5, 0.6) is 0 Å². The fourth-order valence-corrected chi connectivity index (χ4v) is 9.44. The second-order valence-electron chi connectivity index (χ2n) is 11.9. The molecule has 2 spiro atoms. The van der Waals surface area contributed by atoms with Gasteiger partial charge in [-0.1, -0.05) is 34.3 Å².